The summed E-state index contributed by atoms with van der Waals surface area (Å²) in [5, 5.41) is 0.422. The topological polar surface area (TPSA) is 13.1 Å². The van der Waals surface area contributed by atoms with Crippen LogP contribution in [0, 0.1) is 0 Å². The van der Waals surface area contributed by atoms with Crippen LogP contribution in [0.1, 0.15) is 5.48 Å². The summed E-state index contributed by atoms with van der Waals surface area (Å²) >= 11 is 0. The molecule has 1 heteroatoms. The van der Waals surface area contributed by atoms with Gasteiger partial charge in [-0.25, -0.2) is 0 Å². The maximum atomic E-state index is 7.49. The van der Waals surface area contributed by atoms with Crippen LogP contribution < -0.4 is 0 Å². The maximum Gasteiger partial charge on any atom is 0.133 e. The Morgan fingerprint density at radius 2 is 2.22 bits per heavy atom. The zero-order valence-corrected chi connectivity index (χ0v) is 4.56. The highest BCUT2D eigenvalue weighted by Gasteiger charge is 1.89. The second-order valence-electron chi connectivity index (χ2n) is 1.66. The minimum atomic E-state index is -0.257. The van der Waals surface area contributed by atoms with Crippen LogP contribution in [0.4, 0.5) is 0 Å². The first-order valence-corrected chi connectivity index (χ1v) is 2.56. The monoisotopic (exact) mass is 122 g/mol. The van der Waals surface area contributed by atoms with E-state index in [-0.39, 0.29) is 29.8 Å². The summed E-state index contributed by atoms with van der Waals surface area (Å²) in [4.78, 5) is 0. The molecule has 0 aliphatic carbocycles. The lowest BCUT2D eigenvalue weighted by molar-refractivity contribution is 0.616. The number of para-hydroxylation sites is 1. The molecule has 2 rings (SSSR count). The molecule has 0 aliphatic heterocycles. The van der Waals surface area contributed by atoms with E-state index in [1.54, 1.807) is 0 Å². The van der Waals surface area contributed by atoms with Gasteiger partial charge in [0.25, 0.3) is 0 Å². The van der Waals surface area contributed by atoms with Gasteiger partial charge in [-0.15, -0.1) is 0 Å². The van der Waals surface area contributed by atoms with Crippen LogP contribution in [0.2, 0.25) is 0 Å². The van der Waals surface area contributed by atoms with Crippen LogP contribution in [0.3, 0.4) is 0 Å². The van der Waals surface area contributed by atoms with Crippen LogP contribution >= 0.6 is 0 Å². The van der Waals surface area contributed by atoms with Gasteiger partial charge >= 0.3 is 0 Å². The molecular formula is C8H6O. The Balaban J connectivity index is 3.02. The van der Waals surface area contributed by atoms with E-state index in [4.69, 9.17) is 9.90 Å². The Morgan fingerprint density at radius 3 is 3.22 bits per heavy atom. The molecule has 1 nitrogen and oxygen atoms in total. The van der Waals surface area contributed by atoms with Gasteiger partial charge in [0.2, 0.25) is 0 Å². The molecule has 1 aromatic carbocycles. The van der Waals surface area contributed by atoms with Crippen molar-refractivity contribution in [3.8, 4) is 0 Å². The predicted octanol–water partition coefficient (Wildman–Crippen LogP) is 2.43. The van der Waals surface area contributed by atoms with Gasteiger partial charge in [0, 0.05) is 5.39 Å². The van der Waals surface area contributed by atoms with Crippen molar-refractivity contribution in [2.75, 3.05) is 0 Å². The Morgan fingerprint density at radius 1 is 1.33 bits per heavy atom. The van der Waals surface area contributed by atoms with Gasteiger partial charge in [0.1, 0.15) is 5.58 Å². The van der Waals surface area contributed by atoms with Crippen molar-refractivity contribution in [1.29, 1.82) is 0 Å². The fourth-order valence-corrected chi connectivity index (χ4v) is 0.691. The van der Waals surface area contributed by atoms with E-state index >= 15 is 0 Å². The molecular weight excluding hydrogens is 112 g/mol. The largest absolute Gasteiger partial charge is 0.464 e. The second-order valence-corrected chi connectivity index (χ2v) is 1.66. The summed E-state index contributed by atoms with van der Waals surface area (Å²) in [5.74, 6) is 0. The minimum Gasteiger partial charge on any atom is -0.464 e. The van der Waals surface area contributed by atoms with Crippen molar-refractivity contribution in [1.82, 2.24) is 0 Å². The average Bonchev–Trinajstić information content (AvgIpc) is 2.59. The van der Waals surface area contributed by atoms with Crippen LogP contribution in [0.25, 0.3) is 11.0 Å². The summed E-state index contributed by atoms with van der Waals surface area (Å²) in [6.07, 6.45) is 1.36. The molecule has 9 heavy (non-hydrogen) atoms. The number of furan rings is 1. The fraction of sp³-hybridized carbons (Fsp3) is 0. The molecule has 0 spiro atoms. The fourth-order valence-electron chi connectivity index (χ4n) is 0.691. The number of fused-ring (bicyclic) bond motifs is 1. The molecule has 1 aromatic heterocycles. The normalized spacial score (nSPS) is 16.4. The summed E-state index contributed by atoms with van der Waals surface area (Å²) in [5.41, 5.74) is 0.214. The van der Waals surface area contributed by atoms with Crippen LogP contribution in [0.5, 0.6) is 0 Å². The predicted molar refractivity (Wildman–Crippen MR) is 36.2 cm³/mol. The van der Waals surface area contributed by atoms with Crippen molar-refractivity contribution in [2.45, 2.75) is 0 Å². The lowest BCUT2D eigenvalue weighted by atomic mass is 10.3. The minimum absolute atomic E-state index is 0.0512. The number of benzene rings is 1. The smallest absolute Gasteiger partial charge is 0.133 e. The zero-order chi connectivity index (χ0) is 9.59. The van der Waals surface area contributed by atoms with E-state index in [0.29, 0.717) is 5.39 Å². The summed E-state index contributed by atoms with van der Waals surface area (Å²) in [6.45, 7) is 0. The van der Waals surface area contributed by atoms with Gasteiger partial charge in [-0.2, -0.15) is 0 Å². The molecule has 0 unspecified atom stereocenters. The third-order valence-corrected chi connectivity index (χ3v) is 1.10. The van der Waals surface area contributed by atoms with E-state index in [9.17, 15) is 0 Å². The van der Waals surface area contributed by atoms with Gasteiger partial charge in [-0.1, -0.05) is 18.1 Å². The van der Waals surface area contributed by atoms with Crippen LogP contribution in [-0.4, -0.2) is 0 Å². The lowest BCUT2D eigenvalue weighted by Gasteiger charge is -1.81. The molecule has 0 amide bonds. The molecule has 0 saturated carbocycles. The number of hydrogen-bond donors (Lipinski definition) is 0. The Hall–Kier alpha value is -1.24. The molecule has 0 fully saturated rings. The molecule has 0 N–H and O–H groups in total. The van der Waals surface area contributed by atoms with Crippen molar-refractivity contribution in [3.05, 3.63) is 36.5 Å². The third kappa shape index (κ3) is 0.617. The van der Waals surface area contributed by atoms with E-state index in [1.165, 1.54) is 12.3 Å². The summed E-state index contributed by atoms with van der Waals surface area (Å²) < 4.78 is 34.6. The highest BCUT2D eigenvalue weighted by molar-refractivity contribution is 5.76. The number of hydrogen-bond acceptors (Lipinski definition) is 1. The maximum absolute atomic E-state index is 7.49. The summed E-state index contributed by atoms with van der Waals surface area (Å²) in [7, 11) is 0. The number of rotatable bonds is 0. The Kier molecular flexibility index (Phi) is 0.392. The van der Waals surface area contributed by atoms with Gasteiger partial charge < -0.3 is 4.42 Å². The quantitative estimate of drug-likeness (QED) is 0.523. The van der Waals surface area contributed by atoms with Gasteiger partial charge in [0.15, 0.2) is 0 Å². The molecule has 2 aromatic rings. The van der Waals surface area contributed by atoms with Gasteiger partial charge in [0.05, 0.1) is 11.7 Å². The standard InChI is InChI=1S/C8H6O/c1-2-4-8-7(3-1)5-6-9-8/h1-6H/i1D,2D,3D,4D. The van der Waals surface area contributed by atoms with E-state index in [1.807, 2.05) is 0 Å². The first-order valence-electron chi connectivity index (χ1n) is 4.56. The summed E-state index contributed by atoms with van der Waals surface area (Å²) in [6, 6.07) is 0.879. The molecule has 0 radical (unpaired) electrons. The SMILES string of the molecule is [2H]c1c([2H])c([2H])c2occc2c1[2H]. The highest BCUT2D eigenvalue weighted by atomic mass is 16.3. The zero-order valence-electron chi connectivity index (χ0n) is 8.56. The molecule has 1 heterocycles. The van der Waals surface area contributed by atoms with Crippen molar-refractivity contribution >= 4 is 11.0 Å². The third-order valence-electron chi connectivity index (χ3n) is 1.10. The van der Waals surface area contributed by atoms with E-state index in [2.05, 4.69) is 0 Å². The van der Waals surface area contributed by atoms with E-state index in [0.717, 1.165) is 0 Å². The van der Waals surface area contributed by atoms with E-state index < -0.39 is 0 Å². The van der Waals surface area contributed by atoms with Gasteiger partial charge in [-0.05, 0) is 12.1 Å². The molecule has 0 bridgehead atoms. The van der Waals surface area contributed by atoms with Crippen molar-refractivity contribution in [2.24, 2.45) is 0 Å². The first-order chi connectivity index (χ1) is 6.13. The Bertz CT molecular complexity index is 432. The van der Waals surface area contributed by atoms with Gasteiger partial charge in [-0.3, -0.25) is 0 Å². The molecule has 44 valence electrons. The Labute approximate surface area is 58.5 Å². The molecule has 0 aliphatic rings. The second kappa shape index (κ2) is 1.62. The molecule has 0 atom stereocenters. The first kappa shape index (κ1) is 2.18. The van der Waals surface area contributed by atoms with Crippen molar-refractivity contribution < 1.29 is 9.90 Å². The van der Waals surface area contributed by atoms with Crippen LogP contribution in [-0.2, 0) is 0 Å². The van der Waals surface area contributed by atoms with Crippen molar-refractivity contribution in [3.63, 3.8) is 0 Å². The lowest BCUT2D eigenvalue weighted by Crippen LogP contribution is -1.57. The average molecular weight is 122 g/mol. The molecule has 0 saturated heterocycles. The van der Waals surface area contributed by atoms with Crippen LogP contribution in [0.15, 0.2) is 40.9 Å². The highest BCUT2D eigenvalue weighted by Crippen LogP contribution is 2.12.